The maximum atomic E-state index is 10.6. The number of hydrogen-bond acceptors (Lipinski definition) is 1. The van der Waals surface area contributed by atoms with Crippen LogP contribution in [0.5, 0.6) is 0 Å². The van der Waals surface area contributed by atoms with Crippen LogP contribution in [-0.4, -0.2) is 11.1 Å². The van der Waals surface area contributed by atoms with E-state index in [2.05, 4.69) is 32.1 Å². The largest absolute Gasteiger partial charge is 0.478 e. The average Bonchev–Trinajstić information content (AvgIpc) is 3.17. The maximum absolute atomic E-state index is 10.6. The average molecular weight is 300 g/mol. The molecule has 0 aromatic heterocycles. The molecule has 1 saturated carbocycles. The van der Waals surface area contributed by atoms with Gasteiger partial charge >= 0.3 is 5.97 Å². The molecule has 0 aromatic carbocycles. The van der Waals surface area contributed by atoms with Crippen molar-refractivity contribution in [1.82, 2.24) is 0 Å². The Balaban J connectivity index is 1.92. The highest BCUT2D eigenvalue weighted by Crippen LogP contribution is 2.59. The third kappa shape index (κ3) is 4.46. The molecule has 0 amide bonds. The van der Waals surface area contributed by atoms with Gasteiger partial charge in [-0.15, -0.1) is 0 Å². The lowest BCUT2D eigenvalue weighted by Crippen LogP contribution is -2.10. The second kappa shape index (κ2) is 7.13. The second-order valence-corrected chi connectivity index (χ2v) is 6.98. The van der Waals surface area contributed by atoms with E-state index in [1.807, 2.05) is 6.92 Å². The molecule has 0 bridgehead atoms. The third-order valence-electron chi connectivity index (χ3n) is 4.98. The first kappa shape index (κ1) is 16.8. The smallest absolute Gasteiger partial charge is 0.328 e. The van der Waals surface area contributed by atoms with E-state index in [1.54, 1.807) is 11.1 Å². The Labute approximate surface area is 134 Å². The molecule has 0 atom stereocenters. The molecule has 0 aromatic rings. The number of carboxylic acid groups (broad SMARTS) is 1. The van der Waals surface area contributed by atoms with Crippen LogP contribution in [0.1, 0.15) is 65.7 Å². The van der Waals surface area contributed by atoms with Crippen LogP contribution in [0.3, 0.4) is 0 Å². The molecule has 2 heteroatoms. The summed E-state index contributed by atoms with van der Waals surface area (Å²) in [6, 6.07) is 0. The minimum absolute atomic E-state index is 0.528. The van der Waals surface area contributed by atoms with Gasteiger partial charge in [0.2, 0.25) is 0 Å². The topological polar surface area (TPSA) is 37.3 Å². The van der Waals surface area contributed by atoms with Crippen molar-refractivity contribution in [2.45, 2.75) is 65.7 Å². The molecule has 0 heterocycles. The monoisotopic (exact) mass is 300 g/mol. The Morgan fingerprint density at radius 1 is 1.27 bits per heavy atom. The summed E-state index contributed by atoms with van der Waals surface area (Å²) in [6.45, 7) is 6.29. The van der Waals surface area contributed by atoms with E-state index < -0.39 is 5.97 Å². The molecule has 2 rings (SSSR count). The summed E-state index contributed by atoms with van der Waals surface area (Å²) in [6.07, 6.45) is 16.5. The van der Waals surface area contributed by atoms with Crippen molar-refractivity contribution in [3.63, 3.8) is 0 Å². The Bertz CT molecular complexity index is 554. The van der Waals surface area contributed by atoms with E-state index in [-0.39, 0.29) is 0 Å². The van der Waals surface area contributed by atoms with E-state index in [9.17, 15) is 4.79 Å². The van der Waals surface area contributed by atoms with Crippen molar-refractivity contribution in [2.24, 2.45) is 5.41 Å². The normalized spacial score (nSPS) is 21.8. The molecule has 1 spiro atoms. The molecule has 22 heavy (non-hydrogen) atoms. The minimum Gasteiger partial charge on any atom is -0.478 e. The second-order valence-electron chi connectivity index (χ2n) is 6.98. The van der Waals surface area contributed by atoms with E-state index in [1.165, 1.54) is 43.8 Å². The number of allylic oxidation sites excluding steroid dienone is 7. The Hall–Kier alpha value is -1.57. The zero-order valence-electron chi connectivity index (χ0n) is 14.1. The Kier molecular flexibility index (Phi) is 5.44. The van der Waals surface area contributed by atoms with Crippen LogP contribution in [0, 0.1) is 5.41 Å². The highest BCUT2D eigenvalue weighted by atomic mass is 16.4. The number of carboxylic acids is 1. The first-order chi connectivity index (χ1) is 10.4. The molecule has 1 N–H and O–H groups in total. The van der Waals surface area contributed by atoms with Crippen molar-refractivity contribution < 1.29 is 9.90 Å². The Morgan fingerprint density at radius 3 is 2.64 bits per heavy atom. The van der Waals surface area contributed by atoms with Crippen LogP contribution in [0.25, 0.3) is 0 Å². The first-order valence-corrected chi connectivity index (χ1v) is 8.38. The molecular formula is C20H28O2. The highest BCUT2D eigenvalue weighted by molar-refractivity contribution is 5.80. The summed E-state index contributed by atoms with van der Waals surface area (Å²) in [5, 5.41) is 8.69. The summed E-state index contributed by atoms with van der Waals surface area (Å²) in [5.74, 6) is -0.854. The molecule has 1 fully saturated rings. The van der Waals surface area contributed by atoms with Gasteiger partial charge in [-0.25, -0.2) is 4.79 Å². The number of hydrogen-bond donors (Lipinski definition) is 1. The zero-order valence-corrected chi connectivity index (χ0v) is 14.1. The molecule has 120 valence electrons. The van der Waals surface area contributed by atoms with Gasteiger partial charge < -0.3 is 5.11 Å². The fourth-order valence-electron chi connectivity index (χ4n) is 3.50. The lowest BCUT2D eigenvalue weighted by Gasteiger charge is -2.25. The summed E-state index contributed by atoms with van der Waals surface area (Å²) < 4.78 is 0. The van der Waals surface area contributed by atoms with Gasteiger partial charge in [0.25, 0.3) is 0 Å². The standard InChI is InChI=1S/C20H28O2/c1-15(6-4-7-16(2)14-19(21)22)9-10-18-17(3)8-5-11-20(18)12-13-20/h6,9-10,14H,4-5,7-8,11-13H2,1-3H3,(H,21,22)/b10-9+,15-6+,16-14+. The molecule has 2 nitrogen and oxygen atoms in total. The zero-order chi connectivity index (χ0) is 16.2. The van der Waals surface area contributed by atoms with Crippen molar-refractivity contribution in [3.05, 3.63) is 46.6 Å². The van der Waals surface area contributed by atoms with Crippen molar-refractivity contribution in [1.29, 1.82) is 0 Å². The lowest BCUT2D eigenvalue weighted by atomic mass is 9.80. The third-order valence-corrected chi connectivity index (χ3v) is 4.98. The van der Waals surface area contributed by atoms with E-state index in [4.69, 9.17) is 5.11 Å². The molecule has 2 aliphatic carbocycles. The van der Waals surface area contributed by atoms with Crippen LogP contribution in [0.15, 0.2) is 46.6 Å². The highest BCUT2D eigenvalue weighted by Gasteiger charge is 2.46. The summed E-state index contributed by atoms with van der Waals surface area (Å²) in [7, 11) is 0. The molecular weight excluding hydrogens is 272 g/mol. The van der Waals surface area contributed by atoms with Gasteiger partial charge in [-0.2, -0.15) is 0 Å². The van der Waals surface area contributed by atoms with Gasteiger partial charge in [0.05, 0.1) is 0 Å². The fraction of sp³-hybridized carbons (Fsp3) is 0.550. The minimum atomic E-state index is -0.854. The van der Waals surface area contributed by atoms with Gasteiger partial charge in [0.15, 0.2) is 0 Å². The van der Waals surface area contributed by atoms with Crippen LogP contribution in [-0.2, 0) is 4.79 Å². The molecule has 0 saturated heterocycles. The van der Waals surface area contributed by atoms with Gasteiger partial charge in [0, 0.05) is 6.08 Å². The molecule has 0 aliphatic heterocycles. The fourth-order valence-corrected chi connectivity index (χ4v) is 3.50. The van der Waals surface area contributed by atoms with Crippen LogP contribution >= 0.6 is 0 Å². The molecule has 0 unspecified atom stereocenters. The predicted molar refractivity (Wildman–Crippen MR) is 91.7 cm³/mol. The van der Waals surface area contributed by atoms with Gasteiger partial charge in [0.1, 0.15) is 0 Å². The summed E-state index contributed by atoms with van der Waals surface area (Å²) in [5.41, 5.74) is 5.88. The van der Waals surface area contributed by atoms with E-state index >= 15 is 0 Å². The van der Waals surface area contributed by atoms with Gasteiger partial charge in [-0.05, 0) is 76.7 Å². The maximum Gasteiger partial charge on any atom is 0.328 e. The van der Waals surface area contributed by atoms with Crippen molar-refractivity contribution >= 4 is 5.97 Å². The van der Waals surface area contributed by atoms with Gasteiger partial charge in [-0.1, -0.05) is 34.9 Å². The number of carbonyl (C=O) groups is 1. The number of rotatable bonds is 6. The lowest BCUT2D eigenvalue weighted by molar-refractivity contribution is -0.131. The van der Waals surface area contributed by atoms with Crippen LogP contribution < -0.4 is 0 Å². The van der Waals surface area contributed by atoms with Crippen LogP contribution in [0.4, 0.5) is 0 Å². The predicted octanol–water partition coefficient (Wildman–Crippen LogP) is 5.58. The Morgan fingerprint density at radius 2 is 2.00 bits per heavy atom. The van der Waals surface area contributed by atoms with Gasteiger partial charge in [-0.3, -0.25) is 0 Å². The first-order valence-electron chi connectivity index (χ1n) is 8.38. The quantitative estimate of drug-likeness (QED) is 0.513. The SMILES string of the molecule is CC1=C(/C=C/C(C)=C/CC/C(C)=C/C(=O)O)C2(CCC1)CC2. The summed E-state index contributed by atoms with van der Waals surface area (Å²) in [4.78, 5) is 10.6. The van der Waals surface area contributed by atoms with Crippen LogP contribution in [0.2, 0.25) is 0 Å². The van der Waals surface area contributed by atoms with E-state index in [0.29, 0.717) is 5.41 Å². The number of aliphatic carboxylic acids is 1. The van der Waals surface area contributed by atoms with Crippen molar-refractivity contribution in [3.8, 4) is 0 Å². The molecule has 0 radical (unpaired) electrons. The van der Waals surface area contributed by atoms with E-state index in [0.717, 1.165) is 18.4 Å². The summed E-state index contributed by atoms with van der Waals surface area (Å²) >= 11 is 0. The van der Waals surface area contributed by atoms with Crippen molar-refractivity contribution in [2.75, 3.05) is 0 Å². The molecule has 2 aliphatic rings.